The summed E-state index contributed by atoms with van der Waals surface area (Å²) in [6.45, 7) is 1.95. The quantitative estimate of drug-likeness (QED) is 0.778. The average molecular weight is 267 g/mol. The molecule has 0 aliphatic heterocycles. The highest BCUT2D eigenvalue weighted by molar-refractivity contribution is 7.89. The molecule has 0 radical (unpaired) electrons. The summed E-state index contributed by atoms with van der Waals surface area (Å²) in [7, 11) is -3.17. The van der Waals surface area contributed by atoms with Gasteiger partial charge in [-0.3, -0.25) is 0 Å². The van der Waals surface area contributed by atoms with Crippen LogP contribution in [-0.4, -0.2) is 25.9 Å². The van der Waals surface area contributed by atoms with Crippen molar-refractivity contribution in [3.63, 3.8) is 0 Å². The Morgan fingerprint density at radius 3 is 2.50 bits per heavy atom. The fourth-order valence-electron chi connectivity index (χ4n) is 1.38. The van der Waals surface area contributed by atoms with Crippen molar-refractivity contribution in [2.24, 2.45) is 0 Å². The van der Waals surface area contributed by atoms with Crippen molar-refractivity contribution in [1.29, 1.82) is 0 Å². The Bertz CT molecular complexity index is 524. The normalized spacial score (nSPS) is 10.8. The summed E-state index contributed by atoms with van der Waals surface area (Å²) in [6.07, 6.45) is 0.602. The number of hydrogen-bond acceptors (Lipinski definition) is 3. The number of rotatable bonds is 5. The Hall–Kier alpha value is -1.35. The first-order chi connectivity index (χ1) is 8.57. The van der Waals surface area contributed by atoms with Crippen molar-refractivity contribution in [2.45, 2.75) is 19.9 Å². The molecule has 0 aliphatic carbocycles. The predicted octanol–water partition coefficient (Wildman–Crippen LogP) is 0.860. The van der Waals surface area contributed by atoms with Gasteiger partial charge in [0, 0.05) is 12.1 Å². The molecule has 1 rings (SSSR count). The van der Waals surface area contributed by atoms with Crippen LogP contribution in [-0.2, 0) is 16.6 Å². The highest BCUT2D eigenvalue weighted by Crippen LogP contribution is 2.04. The molecule has 0 bridgehead atoms. The molecule has 0 spiro atoms. The second-order valence-corrected chi connectivity index (χ2v) is 5.72. The van der Waals surface area contributed by atoms with Gasteiger partial charge >= 0.3 is 0 Å². The lowest BCUT2D eigenvalue weighted by Crippen LogP contribution is -2.25. The van der Waals surface area contributed by atoms with Crippen LogP contribution in [0.1, 0.15) is 24.5 Å². The number of aliphatic hydroxyl groups excluding tert-OH is 1. The van der Waals surface area contributed by atoms with Crippen LogP contribution in [0.2, 0.25) is 0 Å². The van der Waals surface area contributed by atoms with E-state index in [2.05, 4.69) is 16.6 Å². The summed E-state index contributed by atoms with van der Waals surface area (Å²) >= 11 is 0. The van der Waals surface area contributed by atoms with E-state index in [1.807, 2.05) is 19.1 Å². The Morgan fingerprint density at radius 2 is 1.94 bits per heavy atom. The number of benzene rings is 1. The molecule has 0 fully saturated rings. The zero-order chi connectivity index (χ0) is 13.4. The van der Waals surface area contributed by atoms with Crippen molar-refractivity contribution in [2.75, 3.05) is 12.4 Å². The van der Waals surface area contributed by atoms with Gasteiger partial charge < -0.3 is 5.11 Å². The van der Waals surface area contributed by atoms with Crippen molar-refractivity contribution in [3.05, 3.63) is 35.4 Å². The highest BCUT2D eigenvalue weighted by Gasteiger charge is 2.07. The lowest BCUT2D eigenvalue weighted by molar-refractivity contribution is 0.350. The molecule has 0 saturated carbocycles. The maximum atomic E-state index is 11.5. The summed E-state index contributed by atoms with van der Waals surface area (Å²) in [4.78, 5) is 0. The molecule has 1 aromatic rings. The van der Waals surface area contributed by atoms with Gasteiger partial charge in [0.2, 0.25) is 10.0 Å². The first-order valence-electron chi connectivity index (χ1n) is 5.73. The molecule has 0 aromatic heterocycles. The fourth-order valence-corrected chi connectivity index (χ4v) is 2.45. The second kappa shape index (κ2) is 7.17. The molecule has 0 heterocycles. The SMILES string of the molecule is CCCS(=O)(=O)NCc1ccc(C#CCO)cc1. The first-order valence-corrected chi connectivity index (χ1v) is 7.38. The number of hydrogen-bond donors (Lipinski definition) is 2. The highest BCUT2D eigenvalue weighted by atomic mass is 32.2. The van der Waals surface area contributed by atoms with Crippen LogP contribution in [0.4, 0.5) is 0 Å². The minimum absolute atomic E-state index is 0.146. The Balaban J connectivity index is 2.59. The maximum Gasteiger partial charge on any atom is 0.211 e. The second-order valence-electron chi connectivity index (χ2n) is 3.80. The number of aliphatic hydroxyl groups is 1. The number of sulfonamides is 1. The van der Waals surface area contributed by atoms with Gasteiger partial charge in [0.1, 0.15) is 6.61 Å². The van der Waals surface area contributed by atoms with Crippen LogP contribution in [0.25, 0.3) is 0 Å². The van der Waals surface area contributed by atoms with E-state index in [0.29, 0.717) is 6.42 Å². The average Bonchev–Trinajstić information content (AvgIpc) is 2.35. The van der Waals surface area contributed by atoms with Gasteiger partial charge in [-0.2, -0.15) is 0 Å². The summed E-state index contributed by atoms with van der Waals surface area (Å²) in [5.41, 5.74) is 1.67. The maximum absolute atomic E-state index is 11.5. The molecule has 0 unspecified atom stereocenters. The third-order valence-corrected chi connectivity index (χ3v) is 3.76. The molecule has 2 N–H and O–H groups in total. The smallest absolute Gasteiger partial charge is 0.211 e. The van der Waals surface area contributed by atoms with Crippen molar-refractivity contribution in [1.82, 2.24) is 4.72 Å². The first kappa shape index (κ1) is 14.7. The monoisotopic (exact) mass is 267 g/mol. The van der Waals surface area contributed by atoms with Gasteiger partial charge in [-0.05, 0) is 24.1 Å². The van der Waals surface area contributed by atoms with E-state index in [1.54, 1.807) is 12.1 Å². The molecular formula is C13H17NO3S. The van der Waals surface area contributed by atoms with Crippen LogP contribution in [0.5, 0.6) is 0 Å². The molecule has 4 nitrogen and oxygen atoms in total. The lowest BCUT2D eigenvalue weighted by atomic mass is 10.1. The van der Waals surface area contributed by atoms with Crippen LogP contribution in [0.15, 0.2) is 24.3 Å². The van der Waals surface area contributed by atoms with Crippen molar-refractivity contribution >= 4 is 10.0 Å². The van der Waals surface area contributed by atoms with Gasteiger partial charge in [0.25, 0.3) is 0 Å². The van der Waals surface area contributed by atoms with Crippen LogP contribution in [0.3, 0.4) is 0 Å². The summed E-state index contributed by atoms with van der Waals surface area (Å²) in [6, 6.07) is 7.23. The van der Waals surface area contributed by atoms with Crippen molar-refractivity contribution < 1.29 is 13.5 Å². The van der Waals surface area contributed by atoms with E-state index in [-0.39, 0.29) is 18.9 Å². The summed E-state index contributed by atoms with van der Waals surface area (Å²) in [5, 5.41) is 8.56. The minimum atomic E-state index is -3.17. The minimum Gasteiger partial charge on any atom is -0.384 e. The molecule has 0 amide bonds. The zero-order valence-electron chi connectivity index (χ0n) is 10.3. The Morgan fingerprint density at radius 1 is 1.28 bits per heavy atom. The summed E-state index contributed by atoms with van der Waals surface area (Å²) < 4.78 is 25.4. The van der Waals surface area contributed by atoms with Gasteiger partial charge in [0.05, 0.1) is 5.75 Å². The van der Waals surface area contributed by atoms with Crippen LogP contribution < -0.4 is 4.72 Å². The van der Waals surface area contributed by atoms with E-state index < -0.39 is 10.0 Å². The molecule has 18 heavy (non-hydrogen) atoms. The molecule has 5 heteroatoms. The van der Waals surface area contributed by atoms with Crippen LogP contribution >= 0.6 is 0 Å². The molecule has 98 valence electrons. The van der Waals surface area contributed by atoms with Crippen molar-refractivity contribution in [3.8, 4) is 11.8 Å². The van der Waals surface area contributed by atoms with E-state index in [9.17, 15) is 8.42 Å². The van der Waals surface area contributed by atoms with E-state index in [1.165, 1.54) is 0 Å². The largest absolute Gasteiger partial charge is 0.384 e. The third kappa shape index (κ3) is 5.32. The zero-order valence-corrected chi connectivity index (χ0v) is 11.1. The van der Waals surface area contributed by atoms with Crippen LogP contribution in [0, 0.1) is 11.8 Å². The third-order valence-electron chi connectivity index (χ3n) is 2.23. The van der Waals surface area contributed by atoms with Gasteiger partial charge in [-0.25, -0.2) is 13.1 Å². The van der Waals surface area contributed by atoms with Gasteiger partial charge in [-0.15, -0.1) is 0 Å². The fraction of sp³-hybridized carbons (Fsp3) is 0.385. The van der Waals surface area contributed by atoms with E-state index in [0.717, 1.165) is 11.1 Å². The molecule has 1 aromatic carbocycles. The Labute approximate surface area is 108 Å². The lowest BCUT2D eigenvalue weighted by Gasteiger charge is -2.05. The topological polar surface area (TPSA) is 66.4 Å². The van der Waals surface area contributed by atoms with Gasteiger partial charge in [0.15, 0.2) is 0 Å². The molecular weight excluding hydrogens is 250 g/mol. The van der Waals surface area contributed by atoms with Gasteiger partial charge in [-0.1, -0.05) is 30.9 Å². The van der Waals surface area contributed by atoms with E-state index in [4.69, 9.17) is 5.11 Å². The Kier molecular flexibility index (Phi) is 5.86. The molecule has 0 atom stereocenters. The standard InChI is InChI=1S/C13H17NO3S/c1-2-10-18(16,17)14-11-13-7-5-12(6-8-13)4-3-9-15/h5-8,14-15H,2,9-11H2,1H3. The summed E-state index contributed by atoms with van der Waals surface area (Å²) in [5.74, 6) is 5.47. The van der Waals surface area contributed by atoms with E-state index >= 15 is 0 Å². The predicted molar refractivity (Wildman–Crippen MR) is 71.3 cm³/mol. The molecule has 0 saturated heterocycles. The number of nitrogens with one attached hydrogen (secondary N) is 1. The molecule has 0 aliphatic rings.